The van der Waals surface area contributed by atoms with Gasteiger partial charge in [-0.3, -0.25) is 9.59 Å². The molecule has 3 aliphatic rings. The van der Waals surface area contributed by atoms with E-state index in [9.17, 15) is 22.8 Å². The zero-order valence-electron chi connectivity index (χ0n) is 13.2. The lowest BCUT2D eigenvalue weighted by atomic mass is 9.78. The molecule has 0 spiro atoms. The Morgan fingerprint density at radius 1 is 1.27 bits per heavy atom. The van der Waals surface area contributed by atoms with Gasteiger partial charge >= 0.3 is 6.18 Å². The third kappa shape index (κ3) is 2.88. The number of hydrogen-bond acceptors (Lipinski definition) is 4. The van der Waals surface area contributed by atoms with Crippen LogP contribution < -0.4 is 15.4 Å². The van der Waals surface area contributed by atoms with E-state index in [0.717, 1.165) is 0 Å². The van der Waals surface area contributed by atoms with Crippen LogP contribution in [-0.2, 0) is 14.3 Å². The smallest absolute Gasteiger partial charge is 0.395 e. The van der Waals surface area contributed by atoms with Gasteiger partial charge in [-0.25, -0.2) is 0 Å². The number of benzene rings is 1. The minimum Gasteiger partial charge on any atom is -0.482 e. The summed E-state index contributed by atoms with van der Waals surface area (Å²) in [4.78, 5) is 23.9. The summed E-state index contributed by atoms with van der Waals surface area (Å²) in [5.74, 6) is -4.01. The van der Waals surface area contributed by atoms with E-state index in [1.54, 1.807) is 0 Å². The van der Waals surface area contributed by atoms with Crippen molar-refractivity contribution in [2.45, 2.75) is 31.2 Å². The number of carbonyl (C=O) groups excluding carboxylic acids is 2. The highest BCUT2D eigenvalue weighted by Gasteiger charge is 2.62. The molecule has 0 radical (unpaired) electrons. The standard InChI is InChI=1S/C16H14ClF3N2O4/c17-6-3-8-11(25-5-12(23)21-8)4-7(6)22-15(24)13-9-1-2-10(26-9)14(13)16(18,19)20/h3-4,9-10,13-14H,1-2,5H2,(H,21,23)(H,22,24). The second-order valence-corrected chi connectivity index (χ2v) is 6.95. The summed E-state index contributed by atoms with van der Waals surface area (Å²) in [6.07, 6.45) is -5.53. The lowest BCUT2D eigenvalue weighted by Crippen LogP contribution is -2.44. The van der Waals surface area contributed by atoms with Crippen molar-refractivity contribution in [2.24, 2.45) is 11.8 Å². The van der Waals surface area contributed by atoms with Gasteiger partial charge in [-0.2, -0.15) is 13.2 Å². The fourth-order valence-corrected chi connectivity index (χ4v) is 4.05. The van der Waals surface area contributed by atoms with E-state index in [1.165, 1.54) is 12.1 Å². The van der Waals surface area contributed by atoms with Gasteiger partial charge in [0.15, 0.2) is 6.61 Å². The second-order valence-electron chi connectivity index (χ2n) is 6.54. The van der Waals surface area contributed by atoms with Crippen molar-refractivity contribution >= 4 is 34.8 Å². The lowest BCUT2D eigenvalue weighted by Gasteiger charge is -2.29. The van der Waals surface area contributed by atoms with Gasteiger partial charge in [0.05, 0.1) is 40.4 Å². The lowest BCUT2D eigenvalue weighted by molar-refractivity contribution is -0.196. The van der Waals surface area contributed by atoms with Crippen molar-refractivity contribution in [2.75, 3.05) is 17.2 Å². The summed E-state index contributed by atoms with van der Waals surface area (Å²) in [6.45, 7) is -0.196. The minimum atomic E-state index is -4.52. The van der Waals surface area contributed by atoms with Crippen LogP contribution in [0.3, 0.4) is 0 Å². The maximum atomic E-state index is 13.4. The molecular formula is C16H14ClF3N2O4. The number of hydrogen-bond donors (Lipinski definition) is 2. The van der Waals surface area contributed by atoms with E-state index < -0.39 is 36.1 Å². The van der Waals surface area contributed by atoms with Gasteiger partial charge < -0.3 is 20.1 Å². The van der Waals surface area contributed by atoms with Gasteiger partial charge in [0.1, 0.15) is 5.75 Å². The highest BCUT2D eigenvalue weighted by Crippen LogP contribution is 2.51. The molecular weight excluding hydrogens is 377 g/mol. The number of amides is 2. The van der Waals surface area contributed by atoms with Crippen molar-refractivity contribution in [3.63, 3.8) is 0 Å². The maximum Gasteiger partial charge on any atom is 0.395 e. The zero-order chi connectivity index (χ0) is 18.6. The van der Waals surface area contributed by atoms with Crippen molar-refractivity contribution < 1.29 is 32.2 Å². The van der Waals surface area contributed by atoms with Crippen molar-refractivity contribution in [3.8, 4) is 5.75 Å². The third-order valence-corrected chi connectivity index (χ3v) is 5.23. The minimum absolute atomic E-state index is 0.0792. The number of nitrogens with one attached hydrogen (secondary N) is 2. The Labute approximate surface area is 151 Å². The van der Waals surface area contributed by atoms with Crippen LogP contribution in [0.1, 0.15) is 12.8 Å². The molecule has 0 saturated carbocycles. The van der Waals surface area contributed by atoms with Crippen molar-refractivity contribution in [1.29, 1.82) is 0 Å². The Kier molecular flexibility index (Phi) is 4.03. The summed E-state index contributed by atoms with van der Waals surface area (Å²) in [5.41, 5.74) is 0.455. The van der Waals surface area contributed by atoms with Gasteiger partial charge in [-0.05, 0) is 18.9 Å². The molecule has 4 atom stereocenters. The Bertz CT molecular complexity index is 785. The topological polar surface area (TPSA) is 76.7 Å². The largest absolute Gasteiger partial charge is 0.482 e. The number of fused-ring (bicyclic) bond motifs is 3. The maximum absolute atomic E-state index is 13.4. The molecule has 10 heteroatoms. The molecule has 3 aliphatic heterocycles. The monoisotopic (exact) mass is 390 g/mol. The first-order valence-electron chi connectivity index (χ1n) is 8.03. The average molecular weight is 391 g/mol. The van der Waals surface area contributed by atoms with Crippen LogP contribution in [0.5, 0.6) is 5.75 Å². The first-order valence-corrected chi connectivity index (χ1v) is 8.41. The molecule has 140 valence electrons. The van der Waals surface area contributed by atoms with E-state index in [1.807, 2.05) is 0 Å². The first-order chi connectivity index (χ1) is 12.2. The second kappa shape index (κ2) is 6.02. The van der Waals surface area contributed by atoms with Crippen LogP contribution >= 0.6 is 11.6 Å². The van der Waals surface area contributed by atoms with Crippen LogP contribution in [0.2, 0.25) is 5.02 Å². The van der Waals surface area contributed by atoms with Gasteiger partial charge in [0.25, 0.3) is 5.91 Å². The van der Waals surface area contributed by atoms with Crippen molar-refractivity contribution in [3.05, 3.63) is 17.2 Å². The fraction of sp³-hybridized carbons (Fsp3) is 0.500. The number of ether oxygens (including phenoxy) is 2. The van der Waals surface area contributed by atoms with Crippen LogP contribution in [-0.4, -0.2) is 36.8 Å². The Morgan fingerprint density at radius 3 is 2.73 bits per heavy atom. The fourth-order valence-electron chi connectivity index (χ4n) is 3.84. The van der Waals surface area contributed by atoms with Gasteiger partial charge in [-0.1, -0.05) is 11.6 Å². The Morgan fingerprint density at radius 2 is 2.00 bits per heavy atom. The molecule has 2 saturated heterocycles. The van der Waals surface area contributed by atoms with Crippen molar-refractivity contribution in [1.82, 2.24) is 0 Å². The number of rotatable bonds is 2. The number of alkyl halides is 3. The molecule has 1 aromatic rings. The van der Waals surface area contributed by atoms with E-state index in [0.29, 0.717) is 18.5 Å². The van der Waals surface area contributed by atoms with Gasteiger partial charge in [0.2, 0.25) is 5.91 Å². The normalized spacial score (nSPS) is 29.8. The number of carbonyl (C=O) groups is 2. The van der Waals surface area contributed by atoms with Crippen LogP contribution in [0.15, 0.2) is 12.1 Å². The van der Waals surface area contributed by atoms with Gasteiger partial charge in [0, 0.05) is 6.07 Å². The molecule has 1 aromatic carbocycles. The van der Waals surface area contributed by atoms with E-state index in [-0.39, 0.29) is 29.0 Å². The Hall–Kier alpha value is -2.00. The van der Waals surface area contributed by atoms with Crippen LogP contribution in [0.25, 0.3) is 0 Å². The Balaban J connectivity index is 1.58. The molecule has 3 heterocycles. The predicted octanol–water partition coefficient (Wildman–Crippen LogP) is 2.97. The summed E-state index contributed by atoms with van der Waals surface area (Å²) in [6, 6.07) is 2.76. The summed E-state index contributed by atoms with van der Waals surface area (Å²) in [7, 11) is 0. The molecule has 2 bridgehead atoms. The predicted molar refractivity (Wildman–Crippen MR) is 85.1 cm³/mol. The molecule has 2 fully saturated rings. The van der Waals surface area contributed by atoms with E-state index in [2.05, 4.69) is 10.6 Å². The first kappa shape index (κ1) is 17.4. The number of anilines is 2. The molecule has 2 amide bonds. The molecule has 0 aliphatic carbocycles. The highest BCUT2D eigenvalue weighted by molar-refractivity contribution is 6.34. The molecule has 4 rings (SSSR count). The summed E-state index contributed by atoms with van der Waals surface area (Å²) >= 11 is 6.09. The molecule has 2 N–H and O–H groups in total. The molecule has 26 heavy (non-hydrogen) atoms. The quantitative estimate of drug-likeness (QED) is 0.814. The molecule has 4 unspecified atom stereocenters. The summed E-state index contributed by atoms with van der Waals surface area (Å²) in [5, 5.41) is 5.09. The van der Waals surface area contributed by atoms with E-state index in [4.69, 9.17) is 21.1 Å². The third-order valence-electron chi connectivity index (χ3n) is 4.91. The average Bonchev–Trinajstić information content (AvgIpc) is 3.16. The summed E-state index contributed by atoms with van der Waals surface area (Å²) < 4.78 is 50.7. The zero-order valence-corrected chi connectivity index (χ0v) is 14.0. The highest BCUT2D eigenvalue weighted by atomic mass is 35.5. The van der Waals surface area contributed by atoms with Gasteiger partial charge in [-0.15, -0.1) is 0 Å². The molecule has 6 nitrogen and oxygen atoms in total. The SMILES string of the molecule is O=C1COc2cc(NC(=O)C3C4CCC(O4)C3C(F)(F)F)c(Cl)cc2N1. The van der Waals surface area contributed by atoms with Crippen LogP contribution in [0, 0.1) is 11.8 Å². The molecule has 0 aromatic heterocycles. The van der Waals surface area contributed by atoms with E-state index >= 15 is 0 Å². The van der Waals surface area contributed by atoms with Crippen LogP contribution in [0.4, 0.5) is 24.5 Å². The number of halogens is 4.